The van der Waals surface area contributed by atoms with Crippen LogP contribution in [0.3, 0.4) is 0 Å². The van der Waals surface area contributed by atoms with Crippen LogP contribution >= 0.6 is 0 Å². The lowest BCUT2D eigenvalue weighted by atomic mass is 10.1. The van der Waals surface area contributed by atoms with E-state index in [4.69, 9.17) is 5.11 Å². The van der Waals surface area contributed by atoms with Crippen LogP contribution in [0.4, 0.5) is 4.79 Å². The van der Waals surface area contributed by atoms with Gasteiger partial charge in [-0.25, -0.2) is 9.59 Å². The maximum atomic E-state index is 11.8. The summed E-state index contributed by atoms with van der Waals surface area (Å²) in [5.41, 5.74) is 0. The van der Waals surface area contributed by atoms with Crippen LogP contribution < -0.4 is 10.6 Å². The number of nitrogens with one attached hydrogen (secondary N) is 2. The third kappa shape index (κ3) is 5.92. The van der Waals surface area contributed by atoms with E-state index < -0.39 is 12.0 Å². The number of carbonyl (C=O) groups excluding carboxylic acids is 1. The summed E-state index contributed by atoms with van der Waals surface area (Å²) in [5, 5.41) is 14.4. The van der Waals surface area contributed by atoms with Crippen molar-refractivity contribution in [2.45, 2.75) is 51.1 Å². The van der Waals surface area contributed by atoms with Crippen LogP contribution in [-0.2, 0) is 4.79 Å². The first-order valence-electron chi connectivity index (χ1n) is 7.01. The molecule has 0 aromatic carbocycles. The average molecular weight is 271 g/mol. The van der Waals surface area contributed by atoms with Gasteiger partial charge in [-0.15, -0.1) is 0 Å². The van der Waals surface area contributed by atoms with Crippen molar-refractivity contribution < 1.29 is 14.7 Å². The number of unbranched alkanes of at least 4 members (excludes halogenated alkanes) is 1. The summed E-state index contributed by atoms with van der Waals surface area (Å²) in [5.74, 6) is -0.968. The number of hydrogen-bond acceptors (Lipinski definition) is 3. The monoisotopic (exact) mass is 271 g/mol. The molecule has 110 valence electrons. The van der Waals surface area contributed by atoms with E-state index >= 15 is 0 Å². The van der Waals surface area contributed by atoms with Gasteiger partial charge < -0.3 is 20.6 Å². The minimum Gasteiger partial charge on any atom is -0.480 e. The number of likely N-dealkylation sites (N-methyl/N-ethyl adjacent to an activating group) is 1. The molecule has 3 N–H and O–H groups in total. The highest BCUT2D eigenvalue weighted by atomic mass is 16.4. The van der Waals surface area contributed by atoms with E-state index in [2.05, 4.69) is 15.5 Å². The Bertz CT molecular complexity index is 310. The molecule has 1 aliphatic rings. The van der Waals surface area contributed by atoms with Gasteiger partial charge in [-0.3, -0.25) is 0 Å². The molecule has 0 aromatic heterocycles. The number of carbonyl (C=O) groups is 2. The second-order valence-electron chi connectivity index (χ2n) is 5.25. The number of rotatable bonds is 6. The van der Waals surface area contributed by atoms with Crippen LogP contribution in [0.25, 0.3) is 0 Å². The van der Waals surface area contributed by atoms with Crippen LogP contribution in [0.5, 0.6) is 0 Å². The number of hydrogen-bond donors (Lipinski definition) is 3. The highest BCUT2D eigenvalue weighted by molar-refractivity contribution is 5.82. The molecule has 6 nitrogen and oxygen atoms in total. The fourth-order valence-corrected chi connectivity index (χ4v) is 2.34. The first-order valence-corrected chi connectivity index (χ1v) is 7.01. The maximum absolute atomic E-state index is 11.8. The molecule has 0 saturated carbocycles. The van der Waals surface area contributed by atoms with Gasteiger partial charge in [-0.1, -0.05) is 19.8 Å². The number of carboxylic acid groups (broad SMARTS) is 1. The highest BCUT2D eigenvalue weighted by Gasteiger charge is 2.22. The Morgan fingerprint density at radius 2 is 2.21 bits per heavy atom. The fourth-order valence-electron chi connectivity index (χ4n) is 2.34. The molecule has 1 heterocycles. The first kappa shape index (κ1) is 15.8. The predicted molar refractivity (Wildman–Crippen MR) is 73.1 cm³/mol. The lowest BCUT2D eigenvalue weighted by Crippen LogP contribution is -2.52. The minimum absolute atomic E-state index is 0.111. The van der Waals surface area contributed by atoms with Crippen molar-refractivity contribution in [3.8, 4) is 0 Å². The van der Waals surface area contributed by atoms with Crippen molar-refractivity contribution in [2.24, 2.45) is 0 Å². The molecule has 1 rings (SSSR count). The van der Waals surface area contributed by atoms with Gasteiger partial charge in [0.15, 0.2) is 0 Å². The van der Waals surface area contributed by atoms with Gasteiger partial charge in [-0.2, -0.15) is 0 Å². The number of amides is 2. The van der Waals surface area contributed by atoms with Crippen LogP contribution in [0, 0.1) is 0 Å². The molecule has 2 amide bonds. The van der Waals surface area contributed by atoms with E-state index in [1.54, 1.807) is 0 Å². The van der Waals surface area contributed by atoms with Crippen LogP contribution in [0.15, 0.2) is 0 Å². The average Bonchev–Trinajstić information content (AvgIpc) is 2.34. The molecule has 0 aromatic rings. The Hall–Kier alpha value is -1.30. The molecule has 2 atom stereocenters. The van der Waals surface area contributed by atoms with Crippen molar-refractivity contribution in [3.63, 3.8) is 0 Å². The van der Waals surface area contributed by atoms with Gasteiger partial charge in [0.1, 0.15) is 6.04 Å². The molecular formula is C13H25N3O3. The number of carboxylic acids is 1. The molecule has 19 heavy (non-hydrogen) atoms. The number of aliphatic carboxylic acids is 1. The van der Waals surface area contributed by atoms with Crippen molar-refractivity contribution >= 4 is 12.0 Å². The smallest absolute Gasteiger partial charge is 0.326 e. The van der Waals surface area contributed by atoms with E-state index in [0.29, 0.717) is 6.42 Å². The van der Waals surface area contributed by atoms with Gasteiger partial charge in [-0.05, 0) is 32.9 Å². The third-order valence-corrected chi connectivity index (χ3v) is 3.41. The molecule has 1 aliphatic heterocycles. The molecular weight excluding hydrogens is 246 g/mol. The number of urea groups is 1. The fraction of sp³-hybridized carbons (Fsp3) is 0.846. The number of nitrogens with zero attached hydrogens (tertiary/aromatic N) is 1. The van der Waals surface area contributed by atoms with E-state index in [1.165, 1.54) is 0 Å². The molecule has 0 radical (unpaired) electrons. The van der Waals surface area contributed by atoms with Crippen LogP contribution in [0.2, 0.25) is 0 Å². The summed E-state index contributed by atoms with van der Waals surface area (Å²) < 4.78 is 0. The molecule has 0 spiro atoms. The summed E-state index contributed by atoms with van der Waals surface area (Å²) in [7, 11) is 2.02. The highest BCUT2D eigenvalue weighted by Crippen LogP contribution is 2.08. The summed E-state index contributed by atoms with van der Waals surface area (Å²) in [6.45, 7) is 3.87. The minimum atomic E-state index is -0.968. The zero-order valence-corrected chi connectivity index (χ0v) is 11.8. The van der Waals surface area contributed by atoms with Gasteiger partial charge >= 0.3 is 12.0 Å². The quantitative estimate of drug-likeness (QED) is 0.674. The summed E-state index contributed by atoms with van der Waals surface area (Å²) >= 11 is 0. The lowest BCUT2D eigenvalue weighted by Gasteiger charge is -2.30. The Morgan fingerprint density at radius 3 is 2.79 bits per heavy atom. The van der Waals surface area contributed by atoms with Crippen molar-refractivity contribution in [1.29, 1.82) is 0 Å². The molecule has 1 unspecified atom stereocenters. The number of piperidine rings is 1. The van der Waals surface area contributed by atoms with Crippen LogP contribution in [0.1, 0.15) is 39.0 Å². The molecule has 0 aliphatic carbocycles. The standard InChI is InChI=1S/C13H25N3O3/c1-3-4-7-11(12(17)18)15-13(19)14-10-6-5-8-16(2)9-10/h10-11H,3-9H2,1-2H3,(H,17,18)(H2,14,15,19)/t10?,11-/m0/s1. The summed E-state index contributed by atoms with van der Waals surface area (Å²) in [6, 6.07) is -1.05. The van der Waals surface area contributed by atoms with E-state index in [0.717, 1.165) is 38.8 Å². The van der Waals surface area contributed by atoms with Crippen molar-refractivity contribution in [1.82, 2.24) is 15.5 Å². The Morgan fingerprint density at radius 1 is 1.47 bits per heavy atom. The molecule has 6 heteroatoms. The Kier molecular flexibility index (Phi) is 6.62. The molecule has 1 saturated heterocycles. The molecule has 1 fully saturated rings. The van der Waals surface area contributed by atoms with Gasteiger partial charge in [0.2, 0.25) is 0 Å². The van der Waals surface area contributed by atoms with Gasteiger partial charge in [0.05, 0.1) is 0 Å². The van der Waals surface area contributed by atoms with E-state index in [-0.39, 0.29) is 12.1 Å². The zero-order chi connectivity index (χ0) is 14.3. The SMILES string of the molecule is CCCC[C@H](NC(=O)NC1CCCN(C)C1)C(=O)O. The maximum Gasteiger partial charge on any atom is 0.326 e. The largest absolute Gasteiger partial charge is 0.480 e. The second-order valence-corrected chi connectivity index (χ2v) is 5.25. The Balaban J connectivity index is 2.37. The third-order valence-electron chi connectivity index (χ3n) is 3.41. The van der Waals surface area contributed by atoms with Crippen LogP contribution in [-0.4, -0.2) is 54.2 Å². The second kappa shape index (κ2) is 7.99. The van der Waals surface area contributed by atoms with Gasteiger partial charge in [0.25, 0.3) is 0 Å². The molecule has 0 bridgehead atoms. The normalized spacial score (nSPS) is 21.7. The summed E-state index contributed by atoms with van der Waals surface area (Å²) in [4.78, 5) is 25.0. The van der Waals surface area contributed by atoms with Gasteiger partial charge in [0, 0.05) is 12.6 Å². The van der Waals surface area contributed by atoms with E-state index in [9.17, 15) is 9.59 Å². The topological polar surface area (TPSA) is 81.7 Å². The van der Waals surface area contributed by atoms with E-state index in [1.807, 2.05) is 14.0 Å². The lowest BCUT2D eigenvalue weighted by molar-refractivity contribution is -0.139. The number of likely N-dealkylation sites (tertiary alicyclic amines) is 1. The predicted octanol–water partition coefficient (Wildman–Crippen LogP) is 1.02. The first-order chi connectivity index (χ1) is 9.02. The summed E-state index contributed by atoms with van der Waals surface area (Å²) in [6.07, 6.45) is 4.19. The van der Waals surface area contributed by atoms with Crippen molar-refractivity contribution in [3.05, 3.63) is 0 Å². The van der Waals surface area contributed by atoms with Crippen molar-refractivity contribution in [2.75, 3.05) is 20.1 Å². The zero-order valence-electron chi connectivity index (χ0n) is 11.8. The Labute approximate surface area is 114 Å².